The number of hydrogen-bond donors (Lipinski definition) is 2. The molecule has 0 aliphatic carbocycles. The van der Waals surface area contributed by atoms with Gasteiger partial charge in [-0.25, -0.2) is 0 Å². The molecule has 90 valence electrons. The van der Waals surface area contributed by atoms with Gasteiger partial charge in [-0.15, -0.1) is 0 Å². The standard InChI is InChI=1S/C9H20N2.C2H4O2/c1-10-6-3-9-4-7-11(2)8-5-9;1-2(3)4/h9-10H,3-8H2,1-2H3;1H3,(H,3,4). The zero-order chi connectivity index (χ0) is 11.7. The largest absolute Gasteiger partial charge is 0.481 e. The molecular weight excluding hydrogens is 192 g/mol. The molecule has 0 unspecified atom stereocenters. The third-order valence-electron chi connectivity index (χ3n) is 2.64. The summed E-state index contributed by atoms with van der Waals surface area (Å²) in [6, 6.07) is 0. The van der Waals surface area contributed by atoms with Crippen LogP contribution in [0.4, 0.5) is 0 Å². The van der Waals surface area contributed by atoms with E-state index in [1.54, 1.807) is 0 Å². The Hall–Kier alpha value is -0.610. The van der Waals surface area contributed by atoms with Gasteiger partial charge in [0.1, 0.15) is 0 Å². The highest BCUT2D eigenvalue weighted by Gasteiger charge is 2.15. The Morgan fingerprint density at radius 1 is 1.47 bits per heavy atom. The van der Waals surface area contributed by atoms with Crippen molar-refractivity contribution in [3.8, 4) is 0 Å². The van der Waals surface area contributed by atoms with Crippen LogP contribution < -0.4 is 5.32 Å². The molecule has 4 nitrogen and oxygen atoms in total. The fourth-order valence-electron chi connectivity index (χ4n) is 1.70. The normalized spacial score (nSPS) is 18.1. The lowest BCUT2D eigenvalue weighted by Gasteiger charge is -2.28. The maximum absolute atomic E-state index is 9.00. The number of carboxylic acid groups (broad SMARTS) is 1. The van der Waals surface area contributed by atoms with Crippen molar-refractivity contribution in [3.05, 3.63) is 0 Å². The van der Waals surface area contributed by atoms with E-state index >= 15 is 0 Å². The van der Waals surface area contributed by atoms with E-state index in [4.69, 9.17) is 9.90 Å². The molecule has 1 aliphatic heterocycles. The molecule has 0 aromatic carbocycles. The van der Waals surface area contributed by atoms with Crippen molar-refractivity contribution in [1.82, 2.24) is 10.2 Å². The van der Waals surface area contributed by atoms with Crippen molar-refractivity contribution in [1.29, 1.82) is 0 Å². The summed E-state index contributed by atoms with van der Waals surface area (Å²) < 4.78 is 0. The third kappa shape index (κ3) is 9.69. The van der Waals surface area contributed by atoms with Crippen LogP contribution in [0.2, 0.25) is 0 Å². The van der Waals surface area contributed by atoms with Gasteiger partial charge in [0.25, 0.3) is 5.97 Å². The second-order valence-corrected chi connectivity index (χ2v) is 4.16. The van der Waals surface area contributed by atoms with Crippen LogP contribution in [0.3, 0.4) is 0 Å². The molecule has 1 saturated heterocycles. The van der Waals surface area contributed by atoms with Crippen LogP contribution in [-0.4, -0.2) is 49.7 Å². The van der Waals surface area contributed by atoms with E-state index < -0.39 is 5.97 Å². The van der Waals surface area contributed by atoms with Gasteiger partial charge < -0.3 is 15.3 Å². The maximum Gasteiger partial charge on any atom is 0.300 e. The molecule has 4 heteroatoms. The van der Waals surface area contributed by atoms with Gasteiger partial charge >= 0.3 is 0 Å². The molecule has 0 amide bonds. The molecule has 0 saturated carbocycles. The summed E-state index contributed by atoms with van der Waals surface area (Å²) in [6.07, 6.45) is 4.17. The van der Waals surface area contributed by atoms with E-state index in [0.29, 0.717) is 0 Å². The van der Waals surface area contributed by atoms with Crippen LogP contribution in [0, 0.1) is 5.92 Å². The summed E-state index contributed by atoms with van der Waals surface area (Å²) >= 11 is 0. The van der Waals surface area contributed by atoms with Crippen molar-refractivity contribution in [2.75, 3.05) is 33.7 Å². The average Bonchev–Trinajstić information content (AvgIpc) is 2.16. The molecule has 1 heterocycles. The van der Waals surface area contributed by atoms with Crippen molar-refractivity contribution in [2.24, 2.45) is 5.92 Å². The maximum atomic E-state index is 9.00. The molecule has 0 atom stereocenters. The zero-order valence-corrected chi connectivity index (χ0v) is 10.1. The van der Waals surface area contributed by atoms with Crippen molar-refractivity contribution < 1.29 is 9.90 Å². The number of carboxylic acids is 1. The number of likely N-dealkylation sites (tertiary alicyclic amines) is 1. The number of aliphatic carboxylic acids is 1. The molecule has 1 rings (SSSR count). The predicted molar refractivity (Wildman–Crippen MR) is 62.1 cm³/mol. The monoisotopic (exact) mass is 216 g/mol. The van der Waals surface area contributed by atoms with Crippen LogP contribution in [0.5, 0.6) is 0 Å². The van der Waals surface area contributed by atoms with Gasteiger partial charge in [0.2, 0.25) is 0 Å². The summed E-state index contributed by atoms with van der Waals surface area (Å²) in [6.45, 7) is 4.87. The number of carbonyl (C=O) groups is 1. The topological polar surface area (TPSA) is 52.6 Å². The number of nitrogens with one attached hydrogen (secondary N) is 1. The molecule has 1 aliphatic rings. The molecule has 2 N–H and O–H groups in total. The van der Waals surface area contributed by atoms with Gasteiger partial charge in [-0.1, -0.05) is 0 Å². The molecule has 0 spiro atoms. The Bertz CT molecular complexity index is 159. The van der Waals surface area contributed by atoms with E-state index in [-0.39, 0.29) is 0 Å². The van der Waals surface area contributed by atoms with Crippen LogP contribution in [0.15, 0.2) is 0 Å². The molecule has 15 heavy (non-hydrogen) atoms. The van der Waals surface area contributed by atoms with Crippen LogP contribution >= 0.6 is 0 Å². The van der Waals surface area contributed by atoms with Crippen LogP contribution in [-0.2, 0) is 4.79 Å². The summed E-state index contributed by atoms with van der Waals surface area (Å²) in [7, 11) is 4.25. The summed E-state index contributed by atoms with van der Waals surface area (Å²) in [5.74, 6) is 0.152. The van der Waals surface area contributed by atoms with E-state index in [0.717, 1.165) is 12.8 Å². The average molecular weight is 216 g/mol. The summed E-state index contributed by atoms with van der Waals surface area (Å²) in [5, 5.41) is 10.6. The zero-order valence-electron chi connectivity index (χ0n) is 10.1. The van der Waals surface area contributed by atoms with E-state index in [1.807, 2.05) is 7.05 Å². The van der Waals surface area contributed by atoms with Gasteiger partial charge in [0.15, 0.2) is 0 Å². The highest BCUT2D eigenvalue weighted by atomic mass is 16.4. The third-order valence-corrected chi connectivity index (χ3v) is 2.64. The lowest BCUT2D eigenvalue weighted by atomic mass is 9.94. The lowest BCUT2D eigenvalue weighted by Crippen LogP contribution is -2.31. The second kappa shape index (κ2) is 8.68. The minimum atomic E-state index is -0.833. The van der Waals surface area contributed by atoms with Crippen molar-refractivity contribution in [2.45, 2.75) is 26.2 Å². The Balaban J connectivity index is 0.000000423. The fourth-order valence-corrected chi connectivity index (χ4v) is 1.70. The van der Waals surface area contributed by atoms with Gasteiger partial charge in [-0.05, 0) is 58.9 Å². The van der Waals surface area contributed by atoms with E-state index in [9.17, 15) is 0 Å². The predicted octanol–water partition coefficient (Wildman–Crippen LogP) is 1.03. The minimum Gasteiger partial charge on any atom is -0.481 e. The lowest BCUT2D eigenvalue weighted by molar-refractivity contribution is -0.134. The summed E-state index contributed by atoms with van der Waals surface area (Å²) in [5.41, 5.74) is 0. The first-order valence-corrected chi connectivity index (χ1v) is 5.59. The second-order valence-electron chi connectivity index (χ2n) is 4.16. The Labute approximate surface area is 92.7 Å². The highest BCUT2D eigenvalue weighted by molar-refractivity contribution is 5.62. The van der Waals surface area contributed by atoms with Gasteiger partial charge in [0.05, 0.1) is 0 Å². The van der Waals surface area contributed by atoms with Gasteiger partial charge in [-0.2, -0.15) is 0 Å². The quantitative estimate of drug-likeness (QED) is 0.740. The fraction of sp³-hybridized carbons (Fsp3) is 0.909. The Kier molecular flexibility index (Phi) is 8.33. The minimum absolute atomic E-state index is 0.833. The number of nitrogens with zero attached hydrogens (tertiary/aromatic N) is 1. The van der Waals surface area contributed by atoms with Gasteiger partial charge in [-0.3, -0.25) is 4.79 Å². The molecule has 0 aromatic rings. The number of piperidine rings is 1. The summed E-state index contributed by atoms with van der Waals surface area (Å²) in [4.78, 5) is 11.4. The first kappa shape index (κ1) is 14.4. The molecule has 0 aromatic heterocycles. The van der Waals surface area contributed by atoms with Crippen LogP contribution in [0.1, 0.15) is 26.2 Å². The van der Waals surface area contributed by atoms with Crippen LogP contribution in [0.25, 0.3) is 0 Å². The number of hydrogen-bond acceptors (Lipinski definition) is 3. The smallest absolute Gasteiger partial charge is 0.300 e. The molecule has 1 fully saturated rings. The van der Waals surface area contributed by atoms with E-state index in [1.165, 1.54) is 38.9 Å². The first-order valence-electron chi connectivity index (χ1n) is 5.59. The highest BCUT2D eigenvalue weighted by Crippen LogP contribution is 2.18. The SMILES string of the molecule is CC(=O)O.CNCCC1CCN(C)CC1. The van der Waals surface area contributed by atoms with Gasteiger partial charge in [0, 0.05) is 6.92 Å². The molecular formula is C11H24N2O2. The molecule has 0 radical (unpaired) electrons. The molecule has 0 bridgehead atoms. The van der Waals surface area contributed by atoms with E-state index in [2.05, 4.69) is 17.3 Å². The Morgan fingerprint density at radius 2 is 1.93 bits per heavy atom. The number of rotatable bonds is 3. The van der Waals surface area contributed by atoms with Crippen molar-refractivity contribution >= 4 is 5.97 Å². The first-order chi connectivity index (χ1) is 7.06. The Morgan fingerprint density at radius 3 is 2.33 bits per heavy atom. The van der Waals surface area contributed by atoms with Crippen molar-refractivity contribution in [3.63, 3.8) is 0 Å².